The minimum atomic E-state index is -0.854. The molecule has 4 aromatic rings. The molecule has 144 valence electrons. The van der Waals surface area contributed by atoms with Gasteiger partial charge in [-0.15, -0.1) is 5.16 Å². The molecule has 0 aliphatic carbocycles. The minimum Gasteiger partial charge on any atom is -0.192 e. The molecule has 0 aromatic heterocycles. The topological polar surface area (TPSA) is 47.6 Å². The summed E-state index contributed by atoms with van der Waals surface area (Å²) in [4.78, 5) is 0. The first kappa shape index (κ1) is 19.8. The van der Waals surface area contributed by atoms with Gasteiger partial charge in [0.15, 0.2) is 12.3 Å². The lowest BCUT2D eigenvalue weighted by Crippen LogP contribution is -1.86. The van der Waals surface area contributed by atoms with Crippen molar-refractivity contribution in [1.29, 1.82) is 10.4 Å². The summed E-state index contributed by atoms with van der Waals surface area (Å²) >= 11 is 0. The predicted octanol–water partition coefficient (Wildman–Crippen LogP) is 7.84. The Bertz CT molecular complexity index is 1170. The largest absolute Gasteiger partial charge is 0.205 e. The highest BCUT2D eigenvalue weighted by molar-refractivity contribution is 7.44. The van der Waals surface area contributed by atoms with Gasteiger partial charge in [-0.1, -0.05) is 91.0 Å². The zero-order chi connectivity index (χ0) is 20.8. The lowest BCUT2D eigenvalue weighted by molar-refractivity contribution is 1.31. The highest BCUT2D eigenvalue weighted by Gasteiger charge is 2.13. The molecule has 1 atom stereocenters. The highest BCUT2D eigenvalue weighted by Crippen LogP contribution is 2.33. The maximum atomic E-state index is 8.92. The number of nitrogens with zero attached hydrogens (tertiary/aromatic N) is 1. The van der Waals surface area contributed by atoms with Crippen molar-refractivity contribution in [2.24, 2.45) is 0 Å². The summed E-state index contributed by atoms with van der Waals surface area (Å²) in [5, 5.41) is 17.5. The van der Waals surface area contributed by atoms with Gasteiger partial charge in [0.2, 0.25) is 7.71 Å². The summed E-state index contributed by atoms with van der Waals surface area (Å²) in [7, 11) is -0.854. The average Bonchev–Trinajstić information content (AvgIpc) is 2.81. The number of rotatable bonds is 6. The van der Waals surface area contributed by atoms with E-state index in [1.807, 2.05) is 30.3 Å². The van der Waals surface area contributed by atoms with Crippen LogP contribution in [0.3, 0.4) is 0 Å². The van der Waals surface area contributed by atoms with Gasteiger partial charge >= 0.3 is 0 Å². The van der Waals surface area contributed by atoms with E-state index in [4.69, 9.17) is 10.4 Å². The first-order chi connectivity index (χ1) is 14.7. The number of hydrogen-bond acceptors (Lipinski definition) is 2. The molecule has 0 aliphatic rings. The Labute approximate surface area is 178 Å². The van der Waals surface area contributed by atoms with Gasteiger partial charge < -0.3 is 0 Å². The molecule has 0 fully saturated rings. The van der Waals surface area contributed by atoms with E-state index in [1.54, 1.807) is 0 Å². The van der Waals surface area contributed by atoms with Crippen molar-refractivity contribution < 1.29 is 0 Å². The first-order valence-electron chi connectivity index (χ1n) is 9.91. The number of benzene rings is 4. The summed E-state index contributed by atoms with van der Waals surface area (Å²) < 4.78 is 0. The van der Waals surface area contributed by atoms with Gasteiger partial charge in [0, 0.05) is 0 Å². The molecule has 0 heterocycles. The fourth-order valence-corrected chi connectivity index (χ4v) is 4.88. The zero-order valence-corrected chi connectivity index (χ0v) is 17.5. The number of nitrogens with one attached hydrogen (secondary N) is 1. The van der Waals surface area contributed by atoms with Crippen molar-refractivity contribution in [3.63, 3.8) is 0 Å². The molecule has 4 rings (SSSR count). The smallest absolute Gasteiger partial charge is 0.192 e. The van der Waals surface area contributed by atoms with Crippen LogP contribution in [0.2, 0.25) is 0 Å². The van der Waals surface area contributed by atoms with E-state index in [1.165, 1.54) is 22.3 Å². The number of nitriles is 1. The molecule has 2 nitrogen and oxygen atoms in total. The molecule has 0 spiro atoms. The molecule has 0 aliphatic heterocycles. The highest BCUT2D eigenvalue weighted by atomic mass is 31.1. The molecule has 4 aromatic carbocycles. The third-order valence-electron chi connectivity index (χ3n) is 5.11. The van der Waals surface area contributed by atoms with Crippen molar-refractivity contribution in [3.05, 3.63) is 120 Å². The standard InChI is InChI=1S/C27H22N2P/c28-18-21-6-12-26(13-7-21)27-16-10-23(11-17-27)20-30(29)19-22-8-14-25(15-9-22)24-4-2-1-3-5-24/h1-17,29H,19-20H2/q+1. The van der Waals surface area contributed by atoms with Gasteiger partial charge in [-0.2, -0.15) is 5.26 Å². The van der Waals surface area contributed by atoms with Crippen molar-refractivity contribution in [3.8, 4) is 28.3 Å². The van der Waals surface area contributed by atoms with Crippen LogP contribution in [0.5, 0.6) is 0 Å². The van der Waals surface area contributed by atoms with Gasteiger partial charge in [0.05, 0.1) is 11.6 Å². The minimum absolute atomic E-state index is 0.673. The van der Waals surface area contributed by atoms with Crippen LogP contribution >= 0.6 is 7.71 Å². The van der Waals surface area contributed by atoms with Crippen molar-refractivity contribution >= 4 is 7.71 Å². The fraction of sp³-hybridized carbons (Fsp3) is 0.0741. The van der Waals surface area contributed by atoms with Gasteiger partial charge in [-0.05, 0) is 45.5 Å². The molecule has 1 N–H and O–H groups in total. The fourth-order valence-electron chi connectivity index (χ4n) is 3.47. The molecule has 0 saturated heterocycles. The van der Waals surface area contributed by atoms with Crippen molar-refractivity contribution in [2.75, 3.05) is 0 Å². The molecule has 30 heavy (non-hydrogen) atoms. The van der Waals surface area contributed by atoms with Gasteiger partial charge in [-0.25, -0.2) is 0 Å². The second kappa shape index (κ2) is 9.31. The van der Waals surface area contributed by atoms with Gasteiger partial charge in [0.25, 0.3) is 0 Å². The Hall–Kier alpha value is -3.53. The van der Waals surface area contributed by atoms with E-state index in [2.05, 4.69) is 78.9 Å². The Morgan fingerprint density at radius 2 is 0.967 bits per heavy atom. The first-order valence-corrected chi connectivity index (χ1v) is 11.6. The lowest BCUT2D eigenvalue weighted by Gasteiger charge is -2.04. The van der Waals surface area contributed by atoms with Gasteiger partial charge in [-0.3, -0.25) is 0 Å². The van der Waals surface area contributed by atoms with Crippen LogP contribution < -0.4 is 0 Å². The average molecular weight is 405 g/mol. The SMILES string of the molecule is N#Cc1ccc(-c2ccc(C[P+](=N)Cc3ccc(-c4ccccc4)cc3)cc2)cc1. The van der Waals surface area contributed by atoms with Crippen LogP contribution in [0.25, 0.3) is 22.3 Å². The van der Waals surface area contributed by atoms with E-state index in [-0.39, 0.29) is 0 Å². The van der Waals surface area contributed by atoms with Crippen LogP contribution in [0.15, 0.2) is 103 Å². The van der Waals surface area contributed by atoms with E-state index in [0.717, 1.165) is 23.5 Å². The summed E-state index contributed by atoms with van der Waals surface area (Å²) in [6, 6.07) is 37.2. The normalized spacial score (nSPS) is 11.0. The van der Waals surface area contributed by atoms with Crippen LogP contribution in [0.1, 0.15) is 16.7 Å². The molecular formula is C27H22N2P+. The number of hydrogen-bond donors (Lipinski definition) is 1. The van der Waals surface area contributed by atoms with Crippen LogP contribution in [-0.4, -0.2) is 0 Å². The summed E-state index contributed by atoms with van der Waals surface area (Å²) in [6.45, 7) is 0. The van der Waals surface area contributed by atoms with Gasteiger partial charge in [0.1, 0.15) is 0 Å². The third kappa shape index (κ3) is 4.90. The third-order valence-corrected chi connectivity index (χ3v) is 6.60. The maximum absolute atomic E-state index is 8.92. The predicted molar refractivity (Wildman–Crippen MR) is 126 cm³/mol. The monoisotopic (exact) mass is 405 g/mol. The molecule has 0 amide bonds. The summed E-state index contributed by atoms with van der Waals surface area (Å²) in [6.07, 6.45) is 1.60. The quantitative estimate of drug-likeness (QED) is 0.326. The van der Waals surface area contributed by atoms with Crippen molar-refractivity contribution in [2.45, 2.75) is 12.3 Å². The zero-order valence-electron chi connectivity index (χ0n) is 16.6. The van der Waals surface area contributed by atoms with Crippen molar-refractivity contribution in [1.82, 2.24) is 0 Å². The van der Waals surface area contributed by atoms with Crippen LogP contribution in [0, 0.1) is 16.5 Å². The summed E-state index contributed by atoms with van der Waals surface area (Å²) in [5.74, 6) is 0. The van der Waals surface area contributed by atoms with E-state index < -0.39 is 7.71 Å². The second-order valence-corrected chi connectivity index (χ2v) is 9.02. The Balaban J connectivity index is 1.37. The molecule has 0 radical (unpaired) electrons. The Kier molecular flexibility index (Phi) is 6.14. The van der Waals surface area contributed by atoms with Crippen LogP contribution in [0.4, 0.5) is 0 Å². The summed E-state index contributed by atoms with van der Waals surface area (Å²) in [5.41, 5.74) is 7.78. The Morgan fingerprint density at radius 3 is 1.40 bits per heavy atom. The van der Waals surface area contributed by atoms with Crippen LogP contribution in [-0.2, 0) is 12.3 Å². The second-order valence-electron chi connectivity index (χ2n) is 7.31. The molecule has 1 unspecified atom stereocenters. The molecular weight excluding hydrogens is 383 g/mol. The van der Waals surface area contributed by atoms with E-state index >= 15 is 0 Å². The maximum Gasteiger partial charge on any atom is 0.205 e. The molecule has 3 heteroatoms. The molecule has 0 saturated carbocycles. The van der Waals surface area contributed by atoms with E-state index in [0.29, 0.717) is 5.56 Å². The molecule has 0 bridgehead atoms. The Morgan fingerprint density at radius 1 is 0.567 bits per heavy atom. The van der Waals surface area contributed by atoms with E-state index in [9.17, 15) is 0 Å². The lowest BCUT2D eigenvalue weighted by atomic mass is 10.0.